The first kappa shape index (κ1) is 21.3. The van der Waals surface area contributed by atoms with E-state index < -0.39 is 5.97 Å². The van der Waals surface area contributed by atoms with Crippen LogP contribution in [0.25, 0.3) is 11.0 Å². The summed E-state index contributed by atoms with van der Waals surface area (Å²) in [5, 5.41) is 13.6. The van der Waals surface area contributed by atoms with E-state index >= 15 is 0 Å². The first-order valence-corrected chi connectivity index (χ1v) is 10.9. The molecule has 0 fully saturated rings. The van der Waals surface area contributed by atoms with Crippen molar-refractivity contribution in [2.75, 3.05) is 5.75 Å². The predicted octanol–water partition coefficient (Wildman–Crippen LogP) is 4.03. The SMILES string of the molecule is O=C(CSc1nc2ccccc2n1Cc1ccccc1)N/N=C/c1ccc(C(=O)O)cc1. The zero-order valence-electron chi connectivity index (χ0n) is 17.0. The Morgan fingerprint density at radius 1 is 1.00 bits per heavy atom. The van der Waals surface area contributed by atoms with Gasteiger partial charge in [-0.1, -0.05) is 66.4 Å². The summed E-state index contributed by atoms with van der Waals surface area (Å²) in [7, 11) is 0. The monoisotopic (exact) mass is 444 g/mol. The molecule has 4 rings (SSSR count). The highest BCUT2D eigenvalue weighted by Gasteiger charge is 2.13. The summed E-state index contributed by atoms with van der Waals surface area (Å²) in [6.45, 7) is 0.662. The molecule has 0 spiro atoms. The number of nitrogens with one attached hydrogen (secondary N) is 1. The number of nitrogens with zero attached hydrogens (tertiary/aromatic N) is 3. The number of carbonyl (C=O) groups excluding carboxylic acids is 1. The van der Waals surface area contributed by atoms with E-state index in [1.165, 1.54) is 30.1 Å². The van der Waals surface area contributed by atoms with E-state index in [4.69, 9.17) is 10.1 Å². The molecule has 0 unspecified atom stereocenters. The number of carboxylic acids is 1. The molecule has 0 radical (unpaired) electrons. The van der Waals surface area contributed by atoms with Crippen LogP contribution in [-0.2, 0) is 11.3 Å². The van der Waals surface area contributed by atoms with Gasteiger partial charge in [0.15, 0.2) is 5.16 Å². The van der Waals surface area contributed by atoms with Gasteiger partial charge in [0, 0.05) is 0 Å². The predicted molar refractivity (Wildman–Crippen MR) is 125 cm³/mol. The topological polar surface area (TPSA) is 96.6 Å². The molecule has 0 aliphatic rings. The maximum Gasteiger partial charge on any atom is 0.335 e. The smallest absolute Gasteiger partial charge is 0.335 e. The molecular weight excluding hydrogens is 424 g/mol. The summed E-state index contributed by atoms with van der Waals surface area (Å²) in [4.78, 5) is 27.9. The summed E-state index contributed by atoms with van der Waals surface area (Å²) < 4.78 is 2.11. The molecule has 1 aromatic heterocycles. The van der Waals surface area contributed by atoms with Crippen molar-refractivity contribution in [2.45, 2.75) is 11.7 Å². The van der Waals surface area contributed by atoms with Crippen molar-refractivity contribution in [3.63, 3.8) is 0 Å². The second-order valence-corrected chi connectivity index (χ2v) is 7.91. The molecule has 32 heavy (non-hydrogen) atoms. The Bertz CT molecular complexity index is 1270. The van der Waals surface area contributed by atoms with Gasteiger partial charge in [-0.2, -0.15) is 5.10 Å². The standard InChI is InChI=1S/C24H20N4O3S/c29-22(27-25-14-17-10-12-19(13-11-17)23(30)31)16-32-24-26-20-8-4-5-9-21(20)28(24)15-18-6-2-1-3-7-18/h1-14H,15-16H2,(H,27,29)(H,30,31)/b25-14+. The van der Waals surface area contributed by atoms with Gasteiger partial charge in [-0.05, 0) is 35.4 Å². The molecule has 160 valence electrons. The molecule has 8 heteroatoms. The molecule has 1 heterocycles. The number of carbonyl (C=O) groups is 2. The molecular formula is C24H20N4O3S. The highest BCUT2D eigenvalue weighted by atomic mass is 32.2. The zero-order valence-corrected chi connectivity index (χ0v) is 17.8. The second-order valence-electron chi connectivity index (χ2n) is 6.96. The van der Waals surface area contributed by atoms with E-state index in [2.05, 4.69) is 27.2 Å². The first-order chi connectivity index (χ1) is 15.6. The van der Waals surface area contributed by atoms with E-state index in [1.807, 2.05) is 42.5 Å². The summed E-state index contributed by atoms with van der Waals surface area (Å²) in [6, 6.07) is 24.2. The number of hydrazone groups is 1. The number of fused-ring (bicyclic) bond motifs is 1. The minimum Gasteiger partial charge on any atom is -0.478 e. The molecule has 0 saturated heterocycles. The number of imidazole rings is 1. The lowest BCUT2D eigenvalue weighted by atomic mass is 10.1. The van der Waals surface area contributed by atoms with E-state index in [0.29, 0.717) is 12.1 Å². The fraction of sp³-hybridized carbons (Fsp3) is 0.0833. The molecule has 0 aliphatic carbocycles. The number of hydrogen-bond donors (Lipinski definition) is 2. The van der Waals surface area contributed by atoms with Gasteiger partial charge >= 0.3 is 5.97 Å². The van der Waals surface area contributed by atoms with Gasteiger partial charge in [0.1, 0.15) is 0 Å². The Kier molecular flexibility index (Phi) is 6.62. The van der Waals surface area contributed by atoms with Crippen LogP contribution in [0.15, 0.2) is 89.1 Å². The van der Waals surface area contributed by atoms with Crippen LogP contribution in [0.2, 0.25) is 0 Å². The zero-order chi connectivity index (χ0) is 22.3. The molecule has 0 saturated carbocycles. The maximum absolute atomic E-state index is 12.3. The molecule has 7 nitrogen and oxygen atoms in total. The van der Waals surface area contributed by atoms with Gasteiger partial charge in [-0.15, -0.1) is 0 Å². The number of benzene rings is 3. The quantitative estimate of drug-likeness (QED) is 0.243. The van der Waals surface area contributed by atoms with Crippen molar-refractivity contribution in [3.8, 4) is 0 Å². The van der Waals surface area contributed by atoms with Crippen molar-refractivity contribution in [2.24, 2.45) is 5.10 Å². The van der Waals surface area contributed by atoms with Crippen LogP contribution < -0.4 is 5.43 Å². The Morgan fingerprint density at radius 2 is 1.72 bits per heavy atom. The third kappa shape index (κ3) is 5.22. The van der Waals surface area contributed by atoms with Gasteiger partial charge in [-0.3, -0.25) is 4.79 Å². The summed E-state index contributed by atoms with van der Waals surface area (Å²) >= 11 is 1.35. The highest BCUT2D eigenvalue weighted by Crippen LogP contribution is 2.25. The summed E-state index contributed by atoms with van der Waals surface area (Å²) in [5.41, 5.74) is 6.43. The lowest BCUT2D eigenvalue weighted by Gasteiger charge is -2.09. The van der Waals surface area contributed by atoms with E-state index in [9.17, 15) is 9.59 Å². The Hall–Kier alpha value is -3.91. The maximum atomic E-state index is 12.3. The number of aromatic carboxylic acids is 1. The van der Waals surface area contributed by atoms with Crippen molar-refractivity contribution in [3.05, 3.63) is 95.6 Å². The minimum atomic E-state index is -0.989. The van der Waals surface area contributed by atoms with Crippen LogP contribution in [-0.4, -0.2) is 38.5 Å². The van der Waals surface area contributed by atoms with Crippen molar-refractivity contribution in [1.29, 1.82) is 0 Å². The molecule has 2 N–H and O–H groups in total. The molecule has 3 aromatic carbocycles. The minimum absolute atomic E-state index is 0.160. The number of carboxylic acid groups (broad SMARTS) is 1. The largest absolute Gasteiger partial charge is 0.478 e. The van der Waals surface area contributed by atoms with Crippen LogP contribution in [0.1, 0.15) is 21.5 Å². The summed E-state index contributed by atoms with van der Waals surface area (Å²) in [6.07, 6.45) is 1.47. The molecule has 0 atom stereocenters. The van der Waals surface area contributed by atoms with Crippen LogP contribution in [0, 0.1) is 0 Å². The average Bonchev–Trinajstić information content (AvgIpc) is 3.16. The lowest BCUT2D eigenvalue weighted by molar-refractivity contribution is -0.118. The molecule has 0 bridgehead atoms. The number of amides is 1. The number of para-hydroxylation sites is 2. The van der Waals surface area contributed by atoms with E-state index in [1.54, 1.807) is 12.1 Å². The van der Waals surface area contributed by atoms with Crippen molar-refractivity contribution >= 4 is 40.9 Å². The first-order valence-electron chi connectivity index (χ1n) is 9.87. The number of hydrogen-bond acceptors (Lipinski definition) is 5. The second kappa shape index (κ2) is 9.93. The fourth-order valence-electron chi connectivity index (χ4n) is 3.14. The number of rotatable bonds is 8. The highest BCUT2D eigenvalue weighted by molar-refractivity contribution is 7.99. The normalized spacial score (nSPS) is 11.1. The Labute approximate surface area is 188 Å². The lowest BCUT2D eigenvalue weighted by Crippen LogP contribution is -2.20. The van der Waals surface area contributed by atoms with Gasteiger partial charge in [0.25, 0.3) is 5.91 Å². The Balaban J connectivity index is 1.40. The summed E-state index contributed by atoms with van der Waals surface area (Å²) in [5.74, 6) is -1.09. The van der Waals surface area contributed by atoms with E-state index in [-0.39, 0.29) is 17.2 Å². The number of aromatic nitrogens is 2. The van der Waals surface area contributed by atoms with Gasteiger partial charge in [0.2, 0.25) is 0 Å². The van der Waals surface area contributed by atoms with Crippen LogP contribution in [0.4, 0.5) is 0 Å². The Morgan fingerprint density at radius 3 is 2.47 bits per heavy atom. The molecule has 0 aliphatic heterocycles. The van der Waals surface area contributed by atoms with Crippen LogP contribution in [0.3, 0.4) is 0 Å². The van der Waals surface area contributed by atoms with Gasteiger partial charge in [0.05, 0.1) is 35.1 Å². The van der Waals surface area contributed by atoms with Crippen molar-refractivity contribution < 1.29 is 14.7 Å². The van der Waals surface area contributed by atoms with Crippen LogP contribution >= 0.6 is 11.8 Å². The van der Waals surface area contributed by atoms with Gasteiger partial charge < -0.3 is 9.67 Å². The van der Waals surface area contributed by atoms with Gasteiger partial charge in [-0.25, -0.2) is 15.2 Å². The average molecular weight is 445 g/mol. The van der Waals surface area contributed by atoms with Crippen LogP contribution in [0.5, 0.6) is 0 Å². The fourth-order valence-corrected chi connectivity index (χ4v) is 3.94. The third-order valence-corrected chi connectivity index (χ3v) is 5.67. The van der Waals surface area contributed by atoms with E-state index in [0.717, 1.165) is 21.8 Å². The van der Waals surface area contributed by atoms with Crippen molar-refractivity contribution in [1.82, 2.24) is 15.0 Å². The molecule has 4 aromatic rings. The molecule has 1 amide bonds. The third-order valence-electron chi connectivity index (χ3n) is 4.70. The number of thioether (sulfide) groups is 1.